The quantitative estimate of drug-likeness (QED) is 0.774. The van der Waals surface area contributed by atoms with Gasteiger partial charge in [-0.25, -0.2) is 4.98 Å². The van der Waals surface area contributed by atoms with E-state index in [0.29, 0.717) is 25.1 Å². The molecule has 1 aromatic rings. The maximum atomic E-state index is 12.3. The van der Waals surface area contributed by atoms with Crippen LogP contribution in [0.3, 0.4) is 0 Å². The van der Waals surface area contributed by atoms with E-state index in [9.17, 15) is 4.79 Å². The molecule has 0 bridgehead atoms. The normalized spacial score (nSPS) is 20.3. The summed E-state index contributed by atoms with van der Waals surface area (Å²) in [5.74, 6) is 0.864. The van der Waals surface area contributed by atoms with Crippen molar-refractivity contribution in [1.82, 2.24) is 20.5 Å². The molecule has 6 nitrogen and oxygen atoms in total. The average molecular weight is 357 g/mol. The summed E-state index contributed by atoms with van der Waals surface area (Å²) in [6, 6.07) is 4.21. The molecule has 1 saturated heterocycles. The molecule has 0 unspecified atom stereocenters. The Hall–Kier alpha value is -1.37. The van der Waals surface area contributed by atoms with Crippen molar-refractivity contribution in [2.45, 2.75) is 32.4 Å². The number of ether oxygens (including phenoxy) is 1. The summed E-state index contributed by atoms with van der Waals surface area (Å²) in [5, 5.41) is 6.40. The van der Waals surface area contributed by atoms with Crippen LogP contribution in [0.1, 0.15) is 25.3 Å². The first kappa shape index (κ1) is 20.7. The summed E-state index contributed by atoms with van der Waals surface area (Å²) in [6.07, 6.45) is 3.53. The third kappa shape index (κ3) is 7.03. The van der Waals surface area contributed by atoms with E-state index in [4.69, 9.17) is 4.74 Å². The van der Waals surface area contributed by atoms with E-state index < -0.39 is 0 Å². The number of carbonyl (C=O) groups is 1. The summed E-state index contributed by atoms with van der Waals surface area (Å²) < 4.78 is 5.62. The van der Waals surface area contributed by atoms with Crippen molar-refractivity contribution in [3.05, 3.63) is 23.9 Å². The molecule has 1 amide bonds. The maximum absolute atomic E-state index is 12.3. The SMILES string of the molecule is C[C@H]1C[C@@H](C(=O)NCc2ccnc(OCCN(C)C)c2)CCN1.Cl. The van der Waals surface area contributed by atoms with Crippen LogP contribution < -0.4 is 15.4 Å². The fraction of sp³-hybridized carbons (Fsp3) is 0.647. The predicted octanol–water partition coefficient (Wildman–Crippen LogP) is 1.45. The van der Waals surface area contributed by atoms with Crippen molar-refractivity contribution in [2.24, 2.45) is 5.92 Å². The first-order valence-corrected chi connectivity index (χ1v) is 8.28. The minimum Gasteiger partial charge on any atom is -0.476 e. The lowest BCUT2D eigenvalue weighted by molar-refractivity contribution is -0.126. The number of halogens is 1. The summed E-state index contributed by atoms with van der Waals surface area (Å²) in [5.41, 5.74) is 1.01. The first-order chi connectivity index (χ1) is 11.0. The number of amides is 1. The van der Waals surface area contributed by atoms with Crippen LogP contribution >= 0.6 is 12.4 Å². The Bertz CT molecular complexity index is 513. The fourth-order valence-corrected chi connectivity index (χ4v) is 2.68. The number of piperidine rings is 1. The number of rotatable bonds is 7. The van der Waals surface area contributed by atoms with E-state index in [1.165, 1.54) is 0 Å². The monoisotopic (exact) mass is 356 g/mol. The van der Waals surface area contributed by atoms with Gasteiger partial charge in [-0.05, 0) is 52.0 Å². The van der Waals surface area contributed by atoms with Crippen LogP contribution in [-0.4, -0.2) is 55.6 Å². The second-order valence-corrected chi connectivity index (χ2v) is 6.45. The van der Waals surface area contributed by atoms with E-state index in [0.717, 1.165) is 31.5 Å². The molecular weight excluding hydrogens is 328 g/mol. The van der Waals surface area contributed by atoms with Gasteiger partial charge in [-0.1, -0.05) is 0 Å². The Balaban J connectivity index is 0.00000288. The van der Waals surface area contributed by atoms with Gasteiger partial charge in [0.2, 0.25) is 11.8 Å². The molecule has 1 fully saturated rings. The summed E-state index contributed by atoms with van der Waals surface area (Å²) in [6.45, 7) is 5.00. The summed E-state index contributed by atoms with van der Waals surface area (Å²) in [7, 11) is 4.01. The lowest BCUT2D eigenvalue weighted by Crippen LogP contribution is -2.42. The van der Waals surface area contributed by atoms with Crippen molar-refractivity contribution in [3.63, 3.8) is 0 Å². The highest BCUT2D eigenvalue weighted by Gasteiger charge is 2.24. The van der Waals surface area contributed by atoms with Gasteiger partial charge in [0.05, 0.1) is 0 Å². The summed E-state index contributed by atoms with van der Waals surface area (Å²) in [4.78, 5) is 18.5. The van der Waals surface area contributed by atoms with Gasteiger partial charge in [0, 0.05) is 37.3 Å². The topological polar surface area (TPSA) is 66.5 Å². The van der Waals surface area contributed by atoms with Gasteiger partial charge >= 0.3 is 0 Å². The lowest BCUT2D eigenvalue weighted by atomic mass is 9.92. The van der Waals surface area contributed by atoms with Crippen LogP contribution in [0, 0.1) is 5.92 Å². The Morgan fingerprint density at radius 1 is 1.50 bits per heavy atom. The van der Waals surface area contributed by atoms with E-state index in [2.05, 4.69) is 27.4 Å². The number of hydrogen-bond donors (Lipinski definition) is 2. The molecule has 0 radical (unpaired) electrons. The van der Waals surface area contributed by atoms with E-state index in [1.807, 2.05) is 26.2 Å². The molecule has 0 spiro atoms. The fourth-order valence-electron chi connectivity index (χ4n) is 2.68. The average Bonchev–Trinajstić information content (AvgIpc) is 2.52. The second-order valence-electron chi connectivity index (χ2n) is 6.45. The molecule has 1 aliphatic heterocycles. The largest absolute Gasteiger partial charge is 0.476 e. The van der Waals surface area contributed by atoms with Gasteiger partial charge in [0.25, 0.3) is 0 Å². The van der Waals surface area contributed by atoms with Gasteiger partial charge in [0.1, 0.15) is 6.61 Å². The molecular formula is C17H29ClN4O2. The van der Waals surface area contributed by atoms with Gasteiger partial charge in [-0.2, -0.15) is 0 Å². The second kappa shape index (κ2) is 10.5. The van der Waals surface area contributed by atoms with Crippen LogP contribution in [0.25, 0.3) is 0 Å². The number of carbonyl (C=O) groups excluding carboxylic acids is 1. The third-order valence-electron chi connectivity index (χ3n) is 4.05. The lowest BCUT2D eigenvalue weighted by Gasteiger charge is -2.27. The van der Waals surface area contributed by atoms with Gasteiger partial charge in [-0.15, -0.1) is 12.4 Å². The van der Waals surface area contributed by atoms with Crippen LogP contribution in [0.4, 0.5) is 0 Å². The zero-order valence-electron chi connectivity index (χ0n) is 14.7. The molecule has 0 aromatic carbocycles. The number of hydrogen-bond acceptors (Lipinski definition) is 5. The molecule has 2 rings (SSSR count). The number of pyridine rings is 1. The molecule has 2 atom stereocenters. The Labute approximate surface area is 150 Å². The molecule has 24 heavy (non-hydrogen) atoms. The number of likely N-dealkylation sites (N-methyl/N-ethyl adjacent to an activating group) is 1. The maximum Gasteiger partial charge on any atom is 0.223 e. The van der Waals surface area contributed by atoms with Crippen molar-refractivity contribution < 1.29 is 9.53 Å². The van der Waals surface area contributed by atoms with Crippen molar-refractivity contribution in [3.8, 4) is 5.88 Å². The van der Waals surface area contributed by atoms with Crippen LogP contribution in [0.5, 0.6) is 5.88 Å². The van der Waals surface area contributed by atoms with Crippen molar-refractivity contribution in [2.75, 3.05) is 33.8 Å². The Kier molecular flexibility index (Phi) is 9.03. The van der Waals surface area contributed by atoms with E-state index in [1.54, 1.807) is 6.20 Å². The van der Waals surface area contributed by atoms with Crippen molar-refractivity contribution in [1.29, 1.82) is 0 Å². The molecule has 1 aromatic heterocycles. The van der Waals surface area contributed by atoms with Crippen LogP contribution in [0.2, 0.25) is 0 Å². The Morgan fingerprint density at radius 2 is 2.29 bits per heavy atom. The minimum absolute atomic E-state index is 0. The molecule has 7 heteroatoms. The third-order valence-corrected chi connectivity index (χ3v) is 4.05. The van der Waals surface area contributed by atoms with Gasteiger partial charge in [-0.3, -0.25) is 4.79 Å². The smallest absolute Gasteiger partial charge is 0.223 e. The Morgan fingerprint density at radius 3 is 3.00 bits per heavy atom. The number of nitrogens with zero attached hydrogens (tertiary/aromatic N) is 2. The number of nitrogens with one attached hydrogen (secondary N) is 2. The molecule has 0 saturated carbocycles. The highest BCUT2D eigenvalue weighted by molar-refractivity contribution is 5.85. The highest BCUT2D eigenvalue weighted by atomic mass is 35.5. The predicted molar refractivity (Wildman–Crippen MR) is 97.6 cm³/mol. The summed E-state index contributed by atoms with van der Waals surface area (Å²) >= 11 is 0. The van der Waals surface area contributed by atoms with Gasteiger partial charge in [0.15, 0.2) is 0 Å². The van der Waals surface area contributed by atoms with Crippen LogP contribution in [0.15, 0.2) is 18.3 Å². The first-order valence-electron chi connectivity index (χ1n) is 8.28. The van der Waals surface area contributed by atoms with Crippen LogP contribution in [-0.2, 0) is 11.3 Å². The van der Waals surface area contributed by atoms with E-state index in [-0.39, 0.29) is 24.2 Å². The molecule has 136 valence electrons. The molecule has 2 N–H and O–H groups in total. The molecule has 2 heterocycles. The van der Waals surface area contributed by atoms with E-state index >= 15 is 0 Å². The van der Waals surface area contributed by atoms with Gasteiger partial charge < -0.3 is 20.3 Å². The van der Waals surface area contributed by atoms with Crippen molar-refractivity contribution >= 4 is 18.3 Å². The number of aromatic nitrogens is 1. The molecule has 1 aliphatic rings. The zero-order valence-corrected chi connectivity index (χ0v) is 15.6. The standard InChI is InChI=1S/C17H28N4O2.ClH/c1-13-10-15(5-7-18-13)17(22)20-12-14-4-6-19-16(11-14)23-9-8-21(2)3;/h4,6,11,13,15,18H,5,7-10,12H2,1-3H3,(H,20,22);1H/t13-,15-;/m0./s1. The highest BCUT2D eigenvalue weighted by Crippen LogP contribution is 2.16. The molecule has 0 aliphatic carbocycles. The minimum atomic E-state index is 0. The zero-order chi connectivity index (χ0) is 16.7.